The normalized spacial score (nSPS) is 37.6. The third-order valence-corrected chi connectivity index (χ3v) is 3.78. The fourth-order valence-corrected chi connectivity index (χ4v) is 2.73. The van der Waals surface area contributed by atoms with Crippen LogP contribution < -0.4 is 0 Å². The molecule has 2 rings (SSSR count). The van der Waals surface area contributed by atoms with Gasteiger partial charge in [0, 0.05) is 11.8 Å². The zero-order valence-corrected chi connectivity index (χ0v) is 9.29. The molecule has 0 aliphatic carbocycles. The SMILES string of the molecule is O=S1OCC(C2COS(=O)(=O)OC2)CO1. The van der Waals surface area contributed by atoms with Gasteiger partial charge in [-0.05, 0) is 0 Å². The minimum Gasteiger partial charge on any atom is -0.268 e. The van der Waals surface area contributed by atoms with Crippen LogP contribution in [0.4, 0.5) is 0 Å². The van der Waals surface area contributed by atoms with E-state index in [2.05, 4.69) is 8.37 Å². The molecule has 2 aliphatic rings. The highest BCUT2D eigenvalue weighted by Crippen LogP contribution is 2.23. The van der Waals surface area contributed by atoms with E-state index in [9.17, 15) is 12.6 Å². The van der Waals surface area contributed by atoms with E-state index >= 15 is 0 Å². The van der Waals surface area contributed by atoms with Crippen LogP contribution in [0.1, 0.15) is 0 Å². The first-order valence-corrected chi connectivity index (χ1v) is 6.62. The molecule has 88 valence electrons. The molecule has 2 fully saturated rings. The lowest BCUT2D eigenvalue weighted by atomic mass is 9.95. The molecular formula is C6H10O7S2. The van der Waals surface area contributed by atoms with Gasteiger partial charge in [-0.3, -0.25) is 8.37 Å². The molecule has 0 spiro atoms. The van der Waals surface area contributed by atoms with E-state index in [0.717, 1.165) is 0 Å². The molecule has 0 aromatic carbocycles. The summed E-state index contributed by atoms with van der Waals surface area (Å²) in [6.45, 7) is 0.604. The van der Waals surface area contributed by atoms with E-state index in [1.807, 2.05) is 0 Å². The van der Waals surface area contributed by atoms with Gasteiger partial charge < -0.3 is 0 Å². The van der Waals surface area contributed by atoms with Crippen LogP contribution in [0.5, 0.6) is 0 Å². The van der Waals surface area contributed by atoms with Crippen molar-refractivity contribution in [3.63, 3.8) is 0 Å². The van der Waals surface area contributed by atoms with Crippen molar-refractivity contribution in [2.75, 3.05) is 26.4 Å². The second-order valence-corrected chi connectivity index (χ2v) is 5.44. The van der Waals surface area contributed by atoms with Crippen LogP contribution in [0.25, 0.3) is 0 Å². The van der Waals surface area contributed by atoms with Gasteiger partial charge in [-0.2, -0.15) is 12.6 Å². The second-order valence-electron chi connectivity index (χ2n) is 3.27. The molecule has 7 nitrogen and oxygen atoms in total. The maximum atomic E-state index is 10.8. The lowest BCUT2D eigenvalue weighted by Gasteiger charge is -2.30. The quantitative estimate of drug-likeness (QED) is 0.604. The molecule has 15 heavy (non-hydrogen) atoms. The van der Waals surface area contributed by atoms with Crippen molar-refractivity contribution < 1.29 is 29.4 Å². The van der Waals surface area contributed by atoms with Crippen molar-refractivity contribution >= 4 is 21.8 Å². The predicted octanol–water partition coefficient (Wildman–Crippen LogP) is -0.864. The summed E-state index contributed by atoms with van der Waals surface area (Å²) in [7, 11) is -3.81. The van der Waals surface area contributed by atoms with Crippen molar-refractivity contribution in [2.45, 2.75) is 0 Å². The zero-order chi connectivity index (χ0) is 10.9. The monoisotopic (exact) mass is 258 g/mol. The molecule has 9 heteroatoms. The Labute approximate surface area is 89.8 Å². The lowest BCUT2D eigenvalue weighted by Crippen LogP contribution is -2.39. The minimum atomic E-state index is -3.81. The van der Waals surface area contributed by atoms with Crippen LogP contribution in [0, 0.1) is 11.8 Å². The van der Waals surface area contributed by atoms with Crippen LogP contribution >= 0.6 is 0 Å². The third-order valence-electron chi connectivity index (χ3n) is 2.28. The summed E-state index contributed by atoms with van der Waals surface area (Å²) in [5, 5.41) is 0. The molecule has 0 atom stereocenters. The summed E-state index contributed by atoms with van der Waals surface area (Å²) >= 11 is -1.68. The maximum Gasteiger partial charge on any atom is 0.399 e. The molecular weight excluding hydrogens is 248 g/mol. The molecule has 2 heterocycles. The van der Waals surface area contributed by atoms with Crippen molar-refractivity contribution in [1.29, 1.82) is 0 Å². The van der Waals surface area contributed by atoms with Gasteiger partial charge in [0.15, 0.2) is 0 Å². The van der Waals surface area contributed by atoms with Gasteiger partial charge in [-0.15, -0.1) is 0 Å². The fourth-order valence-electron chi connectivity index (χ4n) is 1.34. The molecule has 0 aromatic heterocycles. The molecule has 0 N–H and O–H groups in total. The van der Waals surface area contributed by atoms with Gasteiger partial charge in [0.2, 0.25) is 0 Å². The van der Waals surface area contributed by atoms with Gasteiger partial charge in [-0.25, -0.2) is 8.37 Å². The Morgan fingerprint density at radius 3 is 1.93 bits per heavy atom. The van der Waals surface area contributed by atoms with Gasteiger partial charge in [0.05, 0.1) is 26.4 Å². The second kappa shape index (κ2) is 4.44. The fraction of sp³-hybridized carbons (Fsp3) is 1.00. The Balaban J connectivity index is 1.88. The first-order valence-electron chi connectivity index (χ1n) is 4.29. The van der Waals surface area contributed by atoms with E-state index < -0.39 is 21.8 Å². The molecule has 0 bridgehead atoms. The van der Waals surface area contributed by atoms with Gasteiger partial charge >= 0.3 is 21.8 Å². The van der Waals surface area contributed by atoms with Gasteiger partial charge in [0.1, 0.15) is 0 Å². The Morgan fingerprint density at radius 2 is 1.40 bits per heavy atom. The highest BCUT2D eigenvalue weighted by Gasteiger charge is 2.34. The molecule has 2 saturated heterocycles. The number of hydrogen-bond donors (Lipinski definition) is 0. The summed E-state index contributed by atoms with van der Waals surface area (Å²) in [4.78, 5) is 0. The molecule has 0 radical (unpaired) electrons. The molecule has 0 amide bonds. The van der Waals surface area contributed by atoms with Crippen LogP contribution in [-0.4, -0.2) is 39.1 Å². The van der Waals surface area contributed by atoms with Crippen molar-refractivity contribution in [2.24, 2.45) is 11.8 Å². The number of rotatable bonds is 1. The van der Waals surface area contributed by atoms with Crippen LogP contribution in [0.2, 0.25) is 0 Å². The third kappa shape index (κ3) is 2.95. The number of hydrogen-bond acceptors (Lipinski definition) is 7. The average molecular weight is 258 g/mol. The van der Waals surface area contributed by atoms with E-state index in [1.165, 1.54) is 0 Å². The zero-order valence-electron chi connectivity index (χ0n) is 7.66. The van der Waals surface area contributed by atoms with Crippen LogP contribution in [0.3, 0.4) is 0 Å². The highest BCUT2D eigenvalue weighted by molar-refractivity contribution is 7.81. The predicted molar refractivity (Wildman–Crippen MR) is 47.9 cm³/mol. The van der Waals surface area contributed by atoms with E-state index in [4.69, 9.17) is 8.37 Å². The lowest BCUT2D eigenvalue weighted by molar-refractivity contribution is 0.0164. The Bertz CT molecular complexity index is 326. The Kier molecular flexibility index (Phi) is 3.38. The van der Waals surface area contributed by atoms with Gasteiger partial charge in [-0.1, -0.05) is 0 Å². The Morgan fingerprint density at radius 1 is 0.933 bits per heavy atom. The molecule has 2 aliphatic heterocycles. The van der Waals surface area contributed by atoms with Crippen LogP contribution in [0.15, 0.2) is 0 Å². The largest absolute Gasteiger partial charge is 0.399 e. The van der Waals surface area contributed by atoms with Crippen molar-refractivity contribution in [3.8, 4) is 0 Å². The summed E-state index contributed by atoms with van der Waals surface area (Å²) in [5.74, 6) is -0.177. The standard InChI is InChI=1S/C6H10O7S2/c7-14-10-1-5(2-11-14)6-3-12-15(8,9)13-4-6/h5-6H,1-4H2. The van der Waals surface area contributed by atoms with E-state index in [-0.39, 0.29) is 38.3 Å². The summed E-state index contributed by atoms with van der Waals surface area (Å²) in [6.07, 6.45) is 0. The van der Waals surface area contributed by atoms with E-state index in [1.54, 1.807) is 0 Å². The van der Waals surface area contributed by atoms with Gasteiger partial charge in [0.25, 0.3) is 0 Å². The van der Waals surface area contributed by atoms with Crippen molar-refractivity contribution in [1.82, 2.24) is 0 Å². The molecule has 0 aromatic rings. The first kappa shape index (κ1) is 11.4. The van der Waals surface area contributed by atoms with E-state index in [0.29, 0.717) is 0 Å². The topological polar surface area (TPSA) is 88.1 Å². The van der Waals surface area contributed by atoms with Crippen LogP contribution in [-0.2, 0) is 38.5 Å². The average Bonchev–Trinajstić information content (AvgIpc) is 2.20. The highest BCUT2D eigenvalue weighted by atomic mass is 32.3. The first-order chi connectivity index (χ1) is 7.07. The smallest absolute Gasteiger partial charge is 0.268 e. The van der Waals surface area contributed by atoms with Crippen molar-refractivity contribution in [3.05, 3.63) is 0 Å². The minimum absolute atomic E-state index is 0.0480. The molecule has 0 saturated carbocycles. The Hall–Kier alpha value is -0.0600. The summed E-state index contributed by atoms with van der Waals surface area (Å²) in [6, 6.07) is 0. The summed E-state index contributed by atoms with van der Waals surface area (Å²) in [5.41, 5.74) is 0. The molecule has 0 unspecified atom stereocenters. The summed E-state index contributed by atoms with van der Waals surface area (Å²) < 4.78 is 50.9. The maximum absolute atomic E-state index is 10.8.